The van der Waals surface area contributed by atoms with Crippen LogP contribution in [0.5, 0.6) is 0 Å². The van der Waals surface area contributed by atoms with E-state index in [1.54, 1.807) is 19.6 Å². The van der Waals surface area contributed by atoms with Crippen LogP contribution in [0.4, 0.5) is 34.1 Å². The molecule has 1 atom stereocenters. The molecule has 15 nitrogen and oxygen atoms in total. The Morgan fingerprint density at radius 2 is 1.49 bits per heavy atom. The van der Waals surface area contributed by atoms with Crippen LogP contribution in [0.3, 0.4) is 0 Å². The third kappa shape index (κ3) is 12.2. The van der Waals surface area contributed by atoms with Crippen LogP contribution in [0.1, 0.15) is 87.3 Å². The van der Waals surface area contributed by atoms with Crippen LogP contribution in [0.15, 0.2) is 36.4 Å². The number of nitrogens with zero attached hydrogens (tertiary/aromatic N) is 5. The average molecular weight is 930 g/mol. The Morgan fingerprint density at radius 1 is 0.831 bits per heavy atom. The normalized spacial score (nSPS) is 19.7. The molecule has 354 valence electrons. The van der Waals surface area contributed by atoms with Gasteiger partial charge in [0.05, 0.1) is 29.3 Å². The van der Waals surface area contributed by atoms with E-state index in [9.17, 15) is 41.9 Å². The minimum atomic E-state index is -4.81. The molecule has 65 heavy (non-hydrogen) atoms. The Morgan fingerprint density at radius 3 is 2.15 bits per heavy atom. The predicted molar refractivity (Wildman–Crippen MR) is 235 cm³/mol. The SMILES string of the molecule is Nc1c(Cl)cc(C[C@@H](OC(=O)N2CCC(N3CCc4ccccc4NC3=O)CC2)C(=O)N2CCC(C3CCN(C(=O)CCC(=O)OCCCN4CCCC4=O)CC3)CC2)cc1C(F)(F)F. The molecule has 19 heteroatoms. The zero-order chi connectivity index (χ0) is 46.3. The number of piperidine rings is 3. The summed E-state index contributed by atoms with van der Waals surface area (Å²) in [5.74, 6) is -0.343. The largest absolute Gasteiger partial charge is 0.466 e. The molecule has 2 aromatic carbocycles. The van der Waals surface area contributed by atoms with E-state index in [1.807, 2.05) is 24.3 Å². The number of para-hydroxylation sites is 1. The van der Waals surface area contributed by atoms with Gasteiger partial charge in [0, 0.05) is 89.9 Å². The molecule has 2 aromatic rings. The number of halogens is 4. The molecule has 5 aliphatic heterocycles. The molecular weight excluding hydrogens is 871 g/mol. The highest BCUT2D eigenvalue weighted by atomic mass is 35.5. The van der Waals surface area contributed by atoms with Gasteiger partial charge in [-0.15, -0.1) is 0 Å². The Kier molecular flexibility index (Phi) is 15.7. The Hall–Kier alpha value is -5.26. The van der Waals surface area contributed by atoms with Crippen molar-refractivity contribution < 1.29 is 51.4 Å². The topological polar surface area (TPSA) is 175 Å². The number of carbonyl (C=O) groups excluding carboxylic acids is 6. The smallest absolute Gasteiger partial charge is 0.418 e. The van der Waals surface area contributed by atoms with Crippen molar-refractivity contribution >= 4 is 58.8 Å². The highest BCUT2D eigenvalue weighted by Gasteiger charge is 2.39. The van der Waals surface area contributed by atoms with Gasteiger partial charge in [-0.2, -0.15) is 13.2 Å². The van der Waals surface area contributed by atoms with Crippen LogP contribution in [-0.4, -0.2) is 138 Å². The van der Waals surface area contributed by atoms with E-state index in [0.717, 1.165) is 43.1 Å². The van der Waals surface area contributed by atoms with E-state index in [-0.39, 0.29) is 79.4 Å². The lowest BCUT2D eigenvalue weighted by atomic mass is 9.78. The standard InChI is InChI=1S/C46H59ClF3N7O8/c47-36-28-30(27-35(42(36)51)46(48,49)50)29-38(65-45(63)56-23-15-34(16-24-56)57-25-14-33-5-1-2-6-37(33)52-44(57)62)43(61)55-21-12-32(13-22-55)31-10-19-54(20-11-31)40(59)8-9-41(60)64-26-4-18-53-17-3-7-39(53)58/h1-2,5-6,27-28,31-32,34,38H,3-4,7-26,29,51H2,(H,52,62)/t38-/m1/s1. The van der Waals surface area contributed by atoms with Crippen LogP contribution in [-0.2, 0) is 47.7 Å². The van der Waals surface area contributed by atoms with Crippen LogP contribution in [0.2, 0.25) is 5.02 Å². The number of esters is 1. The predicted octanol–water partition coefficient (Wildman–Crippen LogP) is 6.36. The van der Waals surface area contributed by atoms with Gasteiger partial charge in [-0.1, -0.05) is 29.8 Å². The summed E-state index contributed by atoms with van der Waals surface area (Å²) in [6, 6.07) is 9.38. The van der Waals surface area contributed by atoms with Gasteiger partial charge in [0.1, 0.15) is 0 Å². The summed E-state index contributed by atoms with van der Waals surface area (Å²) >= 11 is 6.16. The molecule has 4 saturated heterocycles. The van der Waals surface area contributed by atoms with Crippen molar-refractivity contribution in [2.24, 2.45) is 11.8 Å². The second-order valence-corrected chi connectivity index (χ2v) is 18.2. The van der Waals surface area contributed by atoms with Gasteiger partial charge in [0.2, 0.25) is 11.8 Å². The number of benzene rings is 2. The quantitative estimate of drug-likeness (QED) is 0.132. The third-order valence-electron chi connectivity index (χ3n) is 13.7. The fourth-order valence-electron chi connectivity index (χ4n) is 9.95. The number of likely N-dealkylation sites (tertiary alicyclic amines) is 4. The minimum absolute atomic E-state index is 0.00756. The van der Waals surface area contributed by atoms with Gasteiger partial charge < -0.3 is 45.0 Å². The number of fused-ring (bicyclic) bond motifs is 1. The molecule has 0 unspecified atom stereocenters. The first-order valence-electron chi connectivity index (χ1n) is 22.9. The molecule has 0 radical (unpaired) electrons. The summed E-state index contributed by atoms with van der Waals surface area (Å²) in [4.78, 5) is 86.5. The highest BCUT2D eigenvalue weighted by molar-refractivity contribution is 6.33. The molecule has 5 aliphatic rings. The lowest BCUT2D eigenvalue weighted by Crippen LogP contribution is -2.52. The minimum Gasteiger partial charge on any atom is -0.466 e. The van der Waals surface area contributed by atoms with E-state index in [1.165, 1.54) is 11.0 Å². The Labute approximate surface area is 382 Å². The molecule has 0 spiro atoms. The number of hydrogen-bond donors (Lipinski definition) is 2. The molecule has 0 saturated carbocycles. The van der Waals surface area contributed by atoms with E-state index in [2.05, 4.69) is 5.32 Å². The molecule has 4 fully saturated rings. The van der Waals surface area contributed by atoms with Gasteiger partial charge in [0.15, 0.2) is 6.10 Å². The number of hydrogen-bond acceptors (Lipinski definition) is 9. The first kappa shape index (κ1) is 47.7. The second kappa shape index (κ2) is 21.4. The zero-order valence-corrected chi connectivity index (χ0v) is 37.4. The van der Waals surface area contributed by atoms with Crippen molar-refractivity contribution in [2.45, 2.75) is 102 Å². The van der Waals surface area contributed by atoms with Crippen molar-refractivity contribution in [2.75, 3.05) is 76.6 Å². The number of anilines is 2. The van der Waals surface area contributed by atoms with Crippen LogP contribution >= 0.6 is 11.6 Å². The number of amides is 6. The average Bonchev–Trinajstić information content (AvgIpc) is 3.63. The number of ether oxygens (including phenoxy) is 2. The van der Waals surface area contributed by atoms with Crippen molar-refractivity contribution in [1.29, 1.82) is 0 Å². The maximum atomic E-state index is 14.2. The maximum absolute atomic E-state index is 14.2. The number of urea groups is 1. The first-order valence-corrected chi connectivity index (χ1v) is 23.3. The molecule has 6 amide bonds. The Balaban J connectivity index is 0.898. The molecule has 7 rings (SSSR count). The van der Waals surface area contributed by atoms with E-state index < -0.39 is 41.5 Å². The summed E-state index contributed by atoms with van der Waals surface area (Å²) in [5, 5.41) is 2.65. The summed E-state index contributed by atoms with van der Waals surface area (Å²) in [5.41, 5.74) is 5.77. The number of carbonyl (C=O) groups is 6. The molecule has 3 N–H and O–H groups in total. The molecule has 0 bridgehead atoms. The highest BCUT2D eigenvalue weighted by Crippen LogP contribution is 2.39. The molecular formula is C46H59ClF3N7O8. The summed E-state index contributed by atoms with van der Waals surface area (Å²) in [6.45, 7) is 4.34. The van der Waals surface area contributed by atoms with E-state index in [4.69, 9.17) is 26.8 Å². The molecule has 0 aliphatic carbocycles. The van der Waals surface area contributed by atoms with Crippen molar-refractivity contribution in [3.8, 4) is 0 Å². The number of alkyl halides is 3. The van der Waals surface area contributed by atoms with Crippen LogP contribution in [0, 0.1) is 11.8 Å². The monoisotopic (exact) mass is 929 g/mol. The summed E-state index contributed by atoms with van der Waals surface area (Å²) in [7, 11) is 0. The number of rotatable bonds is 13. The van der Waals surface area contributed by atoms with Gasteiger partial charge in [-0.05, 0) is 98.9 Å². The van der Waals surface area contributed by atoms with Crippen molar-refractivity contribution in [1.82, 2.24) is 24.5 Å². The van der Waals surface area contributed by atoms with Crippen LogP contribution < -0.4 is 11.1 Å². The van der Waals surface area contributed by atoms with Gasteiger partial charge in [-0.25, -0.2) is 9.59 Å². The first-order chi connectivity index (χ1) is 31.1. The van der Waals surface area contributed by atoms with Gasteiger partial charge in [-0.3, -0.25) is 19.2 Å². The third-order valence-corrected chi connectivity index (χ3v) is 14.0. The number of nitrogen functional groups attached to an aromatic ring is 1. The summed E-state index contributed by atoms with van der Waals surface area (Å²) in [6.07, 6.45) is -0.856. The summed E-state index contributed by atoms with van der Waals surface area (Å²) < 4.78 is 53.1. The van der Waals surface area contributed by atoms with Crippen molar-refractivity contribution in [3.63, 3.8) is 0 Å². The number of nitrogens with two attached hydrogens (primary N) is 1. The molecule has 5 heterocycles. The fourth-order valence-corrected chi connectivity index (χ4v) is 10.2. The molecule has 0 aromatic heterocycles. The maximum Gasteiger partial charge on any atom is 0.418 e. The van der Waals surface area contributed by atoms with E-state index >= 15 is 0 Å². The fraction of sp³-hybridized carbons (Fsp3) is 0.609. The van der Waals surface area contributed by atoms with Gasteiger partial charge in [0.25, 0.3) is 5.91 Å². The van der Waals surface area contributed by atoms with Gasteiger partial charge >= 0.3 is 24.3 Å². The van der Waals surface area contributed by atoms with Crippen molar-refractivity contribution in [3.05, 3.63) is 58.1 Å². The van der Waals surface area contributed by atoms with E-state index in [0.29, 0.717) is 90.1 Å². The lowest BCUT2D eigenvalue weighted by Gasteiger charge is -2.41. The number of nitrogens with one attached hydrogen (secondary N) is 1. The lowest BCUT2D eigenvalue weighted by molar-refractivity contribution is -0.146. The van der Waals surface area contributed by atoms with Crippen LogP contribution in [0.25, 0.3) is 0 Å². The second-order valence-electron chi connectivity index (χ2n) is 17.8. The Bertz CT molecular complexity index is 2070. The zero-order valence-electron chi connectivity index (χ0n) is 36.6.